The lowest BCUT2D eigenvalue weighted by atomic mass is 10.0. The molecule has 5 nitrogen and oxygen atoms in total. The van der Waals surface area contributed by atoms with E-state index in [0.29, 0.717) is 25.1 Å². The van der Waals surface area contributed by atoms with Crippen molar-refractivity contribution in [1.29, 1.82) is 0 Å². The standard InChI is InChI=1S/C13H21N3O2/c1-2-9-17-11-5-8-15-12(16-11)18-10-13(14)6-3-4-7-13/h5,8H,2-4,6-7,9-10,14H2,1H3. The molecule has 1 saturated carbocycles. The van der Waals surface area contributed by atoms with Crippen LogP contribution in [0.4, 0.5) is 0 Å². The number of hydrogen-bond donors (Lipinski definition) is 1. The average Bonchev–Trinajstić information content (AvgIpc) is 2.82. The van der Waals surface area contributed by atoms with Gasteiger partial charge in [-0.1, -0.05) is 19.8 Å². The van der Waals surface area contributed by atoms with Gasteiger partial charge < -0.3 is 15.2 Å². The molecule has 100 valence electrons. The van der Waals surface area contributed by atoms with Crippen LogP contribution in [0.15, 0.2) is 12.3 Å². The highest BCUT2D eigenvalue weighted by Crippen LogP contribution is 2.27. The SMILES string of the molecule is CCCOc1ccnc(OCC2(N)CCCC2)n1. The Labute approximate surface area is 108 Å². The van der Waals surface area contributed by atoms with Gasteiger partial charge in [-0.15, -0.1) is 0 Å². The molecule has 1 aliphatic rings. The van der Waals surface area contributed by atoms with Gasteiger partial charge in [-0.2, -0.15) is 4.98 Å². The van der Waals surface area contributed by atoms with Crippen LogP contribution in [0.2, 0.25) is 0 Å². The van der Waals surface area contributed by atoms with Gasteiger partial charge in [-0.3, -0.25) is 0 Å². The maximum absolute atomic E-state index is 6.21. The van der Waals surface area contributed by atoms with Crippen LogP contribution < -0.4 is 15.2 Å². The Balaban J connectivity index is 1.88. The van der Waals surface area contributed by atoms with Crippen LogP contribution >= 0.6 is 0 Å². The number of ether oxygens (including phenoxy) is 2. The highest BCUT2D eigenvalue weighted by molar-refractivity contribution is 5.11. The predicted molar refractivity (Wildman–Crippen MR) is 68.7 cm³/mol. The molecule has 0 bridgehead atoms. The largest absolute Gasteiger partial charge is 0.478 e. The van der Waals surface area contributed by atoms with E-state index in [9.17, 15) is 0 Å². The second kappa shape index (κ2) is 6.00. The highest BCUT2D eigenvalue weighted by Gasteiger charge is 2.30. The number of rotatable bonds is 6. The van der Waals surface area contributed by atoms with Crippen LogP contribution in [0.1, 0.15) is 39.0 Å². The molecule has 0 unspecified atom stereocenters. The van der Waals surface area contributed by atoms with Crippen LogP contribution in [-0.4, -0.2) is 28.7 Å². The van der Waals surface area contributed by atoms with E-state index in [1.165, 1.54) is 12.8 Å². The third-order valence-corrected chi connectivity index (χ3v) is 3.15. The van der Waals surface area contributed by atoms with Gasteiger partial charge in [0.05, 0.1) is 12.1 Å². The molecule has 0 aromatic carbocycles. The number of hydrogen-bond acceptors (Lipinski definition) is 5. The van der Waals surface area contributed by atoms with Gasteiger partial charge in [0.2, 0.25) is 5.88 Å². The van der Waals surface area contributed by atoms with Crippen molar-refractivity contribution in [2.45, 2.75) is 44.6 Å². The molecule has 1 aliphatic carbocycles. The lowest BCUT2D eigenvalue weighted by Gasteiger charge is -2.22. The predicted octanol–water partition coefficient (Wildman–Crippen LogP) is 1.92. The Morgan fingerprint density at radius 3 is 2.83 bits per heavy atom. The average molecular weight is 251 g/mol. The first kappa shape index (κ1) is 13.1. The minimum absolute atomic E-state index is 0.205. The van der Waals surface area contributed by atoms with Crippen molar-refractivity contribution in [2.24, 2.45) is 5.73 Å². The smallest absolute Gasteiger partial charge is 0.319 e. The van der Waals surface area contributed by atoms with Crippen LogP contribution in [0.5, 0.6) is 11.9 Å². The zero-order chi connectivity index (χ0) is 12.8. The quantitative estimate of drug-likeness (QED) is 0.836. The third kappa shape index (κ3) is 3.57. The summed E-state index contributed by atoms with van der Waals surface area (Å²) in [6.07, 6.45) is 6.98. The molecule has 0 radical (unpaired) electrons. The fourth-order valence-corrected chi connectivity index (χ4v) is 2.11. The molecule has 0 saturated heterocycles. The normalized spacial score (nSPS) is 17.7. The van der Waals surface area contributed by atoms with E-state index in [2.05, 4.69) is 16.9 Å². The molecule has 2 rings (SSSR count). The van der Waals surface area contributed by atoms with E-state index in [-0.39, 0.29) is 5.54 Å². The Morgan fingerprint density at radius 2 is 2.11 bits per heavy atom. The van der Waals surface area contributed by atoms with Gasteiger partial charge >= 0.3 is 6.01 Å². The highest BCUT2D eigenvalue weighted by atomic mass is 16.5. The third-order valence-electron chi connectivity index (χ3n) is 3.15. The summed E-state index contributed by atoms with van der Waals surface area (Å²) in [6.45, 7) is 3.18. The van der Waals surface area contributed by atoms with Gasteiger partial charge in [0.1, 0.15) is 6.61 Å². The van der Waals surface area contributed by atoms with Gasteiger partial charge in [0.15, 0.2) is 0 Å². The first-order valence-corrected chi connectivity index (χ1v) is 6.59. The van der Waals surface area contributed by atoms with E-state index in [0.717, 1.165) is 19.3 Å². The van der Waals surface area contributed by atoms with Gasteiger partial charge in [-0.25, -0.2) is 4.98 Å². The second-order valence-corrected chi connectivity index (χ2v) is 4.88. The van der Waals surface area contributed by atoms with E-state index in [1.807, 2.05) is 0 Å². The fraction of sp³-hybridized carbons (Fsp3) is 0.692. The molecule has 0 aliphatic heterocycles. The summed E-state index contributed by atoms with van der Waals surface area (Å²) in [5.74, 6) is 0.555. The van der Waals surface area contributed by atoms with Gasteiger partial charge in [0, 0.05) is 12.3 Å². The first-order valence-electron chi connectivity index (χ1n) is 6.59. The molecule has 0 spiro atoms. The lowest BCUT2D eigenvalue weighted by molar-refractivity contribution is 0.201. The molecule has 0 atom stereocenters. The monoisotopic (exact) mass is 251 g/mol. The molecule has 2 N–H and O–H groups in total. The number of aromatic nitrogens is 2. The van der Waals surface area contributed by atoms with Crippen molar-refractivity contribution >= 4 is 0 Å². The summed E-state index contributed by atoms with van der Waals surface area (Å²) in [5.41, 5.74) is 6.01. The van der Waals surface area contributed by atoms with Gasteiger partial charge in [0.25, 0.3) is 0 Å². The lowest BCUT2D eigenvalue weighted by Crippen LogP contribution is -2.42. The number of nitrogens with two attached hydrogens (primary N) is 1. The summed E-state index contributed by atoms with van der Waals surface area (Å²) in [6, 6.07) is 2.08. The fourth-order valence-electron chi connectivity index (χ4n) is 2.11. The molecular formula is C13H21N3O2. The van der Waals surface area contributed by atoms with E-state index in [1.54, 1.807) is 12.3 Å². The summed E-state index contributed by atoms with van der Waals surface area (Å²) in [7, 11) is 0. The van der Waals surface area contributed by atoms with Crippen molar-refractivity contribution in [2.75, 3.05) is 13.2 Å². The van der Waals surface area contributed by atoms with Crippen LogP contribution in [0.25, 0.3) is 0 Å². The molecule has 1 aromatic heterocycles. The zero-order valence-electron chi connectivity index (χ0n) is 10.9. The minimum Gasteiger partial charge on any atom is -0.478 e. The summed E-state index contributed by atoms with van der Waals surface area (Å²) in [4.78, 5) is 8.26. The minimum atomic E-state index is -0.205. The van der Waals surface area contributed by atoms with E-state index >= 15 is 0 Å². The van der Waals surface area contributed by atoms with Crippen molar-refractivity contribution in [3.63, 3.8) is 0 Å². The Kier molecular flexibility index (Phi) is 4.36. The Hall–Kier alpha value is -1.36. The summed E-state index contributed by atoms with van der Waals surface area (Å²) >= 11 is 0. The van der Waals surface area contributed by atoms with Crippen LogP contribution in [0.3, 0.4) is 0 Å². The maximum atomic E-state index is 6.21. The second-order valence-electron chi connectivity index (χ2n) is 4.88. The van der Waals surface area contributed by atoms with E-state index < -0.39 is 0 Å². The maximum Gasteiger partial charge on any atom is 0.319 e. The molecular weight excluding hydrogens is 230 g/mol. The summed E-state index contributed by atoms with van der Waals surface area (Å²) in [5, 5.41) is 0. The molecule has 18 heavy (non-hydrogen) atoms. The van der Waals surface area contributed by atoms with E-state index in [4.69, 9.17) is 15.2 Å². The molecule has 0 amide bonds. The van der Waals surface area contributed by atoms with Crippen molar-refractivity contribution in [1.82, 2.24) is 9.97 Å². The topological polar surface area (TPSA) is 70.3 Å². The Bertz CT molecular complexity index is 378. The number of nitrogens with zero attached hydrogens (tertiary/aromatic N) is 2. The van der Waals surface area contributed by atoms with Crippen LogP contribution in [0, 0.1) is 0 Å². The molecule has 1 fully saturated rings. The van der Waals surface area contributed by atoms with Crippen molar-refractivity contribution in [3.05, 3.63) is 12.3 Å². The summed E-state index contributed by atoms with van der Waals surface area (Å²) < 4.78 is 11.0. The molecule has 1 aromatic rings. The molecule has 5 heteroatoms. The molecule has 1 heterocycles. The van der Waals surface area contributed by atoms with Gasteiger partial charge in [-0.05, 0) is 19.3 Å². The van der Waals surface area contributed by atoms with Crippen molar-refractivity contribution < 1.29 is 9.47 Å². The zero-order valence-corrected chi connectivity index (χ0v) is 10.9. The Morgan fingerprint density at radius 1 is 1.33 bits per heavy atom. The first-order chi connectivity index (χ1) is 8.72. The van der Waals surface area contributed by atoms with Crippen molar-refractivity contribution in [3.8, 4) is 11.9 Å². The van der Waals surface area contributed by atoms with Crippen LogP contribution in [-0.2, 0) is 0 Å².